The van der Waals surface area contributed by atoms with E-state index in [1.54, 1.807) is 28.6 Å². The highest BCUT2D eigenvalue weighted by Crippen LogP contribution is 2.54. The number of hydrogen-bond acceptors (Lipinski definition) is 11. The van der Waals surface area contributed by atoms with Gasteiger partial charge in [0.25, 0.3) is 0 Å². The molecule has 6 aromatic rings. The molecule has 4 aromatic heterocycles. The van der Waals surface area contributed by atoms with Crippen molar-refractivity contribution < 1.29 is 37.8 Å². The number of aromatic amines is 2. The van der Waals surface area contributed by atoms with Crippen LogP contribution in [-0.4, -0.2) is 102 Å². The number of aromatic nitrogens is 6. The van der Waals surface area contributed by atoms with Crippen molar-refractivity contribution in [3.05, 3.63) is 82.3 Å². The average molecular weight is 987 g/mol. The second kappa shape index (κ2) is 18.4. The fourth-order valence-electron chi connectivity index (χ4n) is 11.4. The minimum Gasteiger partial charge on any atom is -0.464 e. The van der Waals surface area contributed by atoms with Gasteiger partial charge in [-0.15, -0.1) is 11.3 Å². The number of thiazole rings is 1. The third-order valence-corrected chi connectivity index (χ3v) is 16.4. The van der Waals surface area contributed by atoms with Gasteiger partial charge in [0.05, 0.1) is 76.7 Å². The molecule has 2 aliphatic carbocycles. The van der Waals surface area contributed by atoms with Crippen LogP contribution in [0.2, 0.25) is 0 Å². The van der Waals surface area contributed by atoms with E-state index in [0.29, 0.717) is 64.7 Å². The lowest BCUT2D eigenvalue weighted by molar-refractivity contribution is -0.137. The fourth-order valence-corrected chi connectivity index (χ4v) is 12.5. The van der Waals surface area contributed by atoms with Crippen LogP contribution in [0, 0.1) is 23.6 Å². The first-order chi connectivity index (χ1) is 34.3. The van der Waals surface area contributed by atoms with Crippen molar-refractivity contribution in [3.63, 3.8) is 0 Å². The molecule has 71 heavy (non-hydrogen) atoms. The Hall–Kier alpha value is -6.76. The molecule has 372 valence electrons. The fraction of sp³-hybridized carbons (Fsp3) is 0.481. The number of alkyl carbamates (subject to hydrolysis) is 2. The molecule has 7 heterocycles. The van der Waals surface area contributed by atoms with Gasteiger partial charge in [-0.3, -0.25) is 14.2 Å². The van der Waals surface area contributed by atoms with Gasteiger partial charge in [0, 0.05) is 41.2 Å². The largest absolute Gasteiger partial charge is 0.464 e. The van der Waals surface area contributed by atoms with Crippen LogP contribution in [0.4, 0.5) is 14.0 Å². The van der Waals surface area contributed by atoms with Crippen LogP contribution in [0.1, 0.15) is 125 Å². The standard InChI is InChI=1S/C52H59FN10O7S/c1-25(2)43(59-51(66)68-5)48(64)61-15-9-12-36(61)45-54-23-34(58-45)29-17-32(53)42-38-19-30-16-28(13-14-35(30)63(38)50(70-40(42)21-29)41-24-56-47(71-41)27-10-7-8-11-27)33-22-55-46(57-33)39-20-31-18-37(31)62(39)49(65)44(26(3)4)60-52(67)69-6/h13-14,16-17,19,21-27,31,36-37,39,43-44,50H,7-12,15,18,20H2,1-6H3,(H,54,58)(H,55,57)(H,59,66)(H,60,67)/t31-,36+,37-,39+,43+,44+,50?/m1/s1. The van der Waals surface area contributed by atoms with E-state index in [2.05, 4.69) is 31.2 Å². The molecule has 0 spiro atoms. The monoisotopic (exact) mass is 986 g/mol. The first kappa shape index (κ1) is 46.6. The van der Waals surface area contributed by atoms with Crippen LogP contribution in [-0.2, 0) is 19.1 Å². The van der Waals surface area contributed by atoms with Crippen molar-refractivity contribution in [2.45, 2.75) is 121 Å². The van der Waals surface area contributed by atoms with Crippen molar-refractivity contribution in [2.24, 2.45) is 17.8 Å². The first-order valence-electron chi connectivity index (χ1n) is 24.8. The maximum absolute atomic E-state index is 17.0. The minimum absolute atomic E-state index is 0.104. The van der Waals surface area contributed by atoms with E-state index in [0.717, 1.165) is 64.1 Å². The van der Waals surface area contributed by atoms with E-state index in [1.165, 1.54) is 33.1 Å². The molecule has 19 heteroatoms. The zero-order valence-electron chi connectivity index (χ0n) is 40.7. The summed E-state index contributed by atoms with van der Waals surface area (Å²) in [4.78, 5) is 78.3. The number of fused-ring (bicyclic) bond motifs is 6. The summed E-state index contributed by atoms with van der Waals surface area (Å²) < 4.78 is 35.7. The van der Waals surface area contributed by atoms with E-state index < -0.39 is 36.3 Å². The molecule has 2 saturated carbocycles. The minimum atomic E-state index is -0.773. The smallest absolute Gasteiger partial charge is 0.407 e. The van der Waals surface area contributed by atoms with Crippen molar-refractivity contribution in [2.75, 3.05) is 20.8 Å². The molecule has 2 aromatic carbocycles. The first-order valence-corrected chi connectivity index (χ1v) is 25.6. The number of benzene rings is 2. The summed E-state index contributed by atoms with van der Waals surface area (Å²) in [7, 11) is 2.56. The van der Waals surface area contributed by atoms with Gasteiger partial charge < -0.3 is 44.6 Å². The number of carbonyl (C=O) groups is 4. The summed E-state index contributed by atoms with van der Waals surface area (Å²) in [6.07, 6.45) is 11.1. The number of likely N-dealkylation sites (tertiary alicyclic amines) is 2. The molecule has 7 atom stereocenters. The van der Waals surface area contributed by atoms with E-state index in [9.17, 15) is 19.2 Å². The molecule has 0 radical (unpaired) electrons. The third kappa shape index (κ3) is 8.38. The summed E-state index contributed by atoms with van der Waals surface area (Å²) in [6, 6.07) is 9.45. The number of ether oxygens (including phenoxy) is 3. The van der Waals surface area contributed by atoms with Gasteiger partial charge in [-0.1, -0.05) is 46.6 Å². The van der Waals surface area contributed by atoms with Gasteiger partial charge in [-0.05, 0) is 86.6 Å². The lowest BCUT2D eigenvalue weighted by Gasteiger charge is -2.31. The number of piperidine rings is 1. The number of rotatable bonds is 12. The van der Waals surface area contributed by atoms with E-state index >= 15 is 4.39 Å². The number of H-pyrrole nitrogens is 2. The molecule has 4 fully saturated rings. The Morgan fingerprint density at radius 1 is 0.789 bits per heavy atom. The molecular formula is C52H59FN10O7S. The highest BCUT2D eigenvalue weighted by atomic mass is 32.1. The maximum Gasteiger partial charge on any atom is 0.407 e. The molecule has 5 aliphatic rings. The maximum atomic E-state index is 17.0. The zero-order valence-corrected chi connectivity index (χ0v) is 41.5. The predicted octanol–water partition coefficient (Wildman–Crippen LogP) is 9.37. The Kier molecular flexibility index (Phi) is 12.1. The van der Waals surface area contributed by atoms with Gasteiger partial charge in [-0.25, -0.2) is 28.9 Å². The Morgan fingerprint density at radius 3 is 2.15 bits per heavy atom. The van der Waals surface area contributed by atoms with Crippen LogP contribution < -0.4 is 15.4 Å². The highest BCUT2D eigenvalue weighted by Gasteiger charge is 2.56. The number of hydrogen-bond donors (Lipinski definition) is 4. The number of nitrogens with one attached hydrogen (secondary N) is 4. The quantitative estimate of drug-likeness (QED) is 0.0915. The van der Waals surface area contributed by atoms with Gasteiger partial charge in [-0.2, -0.15) is 0 Å². The normalized spacial score (nSPS) is 22.3. The van der Waals surface area contributed by atoms with Crippen molar-refractivity contribution in [3.8, 4) is 39.5 Å². The van der Waals surface area contributed by atoms with Gasteiger partial charge in [0.15, 0.2) is 0 Å². The summed E-state index contributed by atoms with van der Waals surface area (Å²) in [6.45, 7) is 8.07. The molecular weight excluding hydrogens is 928 g/mol. The molecule has 3 aliphatic heterocycles. The van der Waals surface area contributed by atoms with E-state index in [1.807, 2.05) is 63.1 Å². The SMILES string of the molecule is COC(=O)N[C@H](C(=O)N1CCC[C@H]1c1ncc(-c2cc(F)c3c(c2)OC(c2cnc(C4CCCC4)s2)n2c-3cc3cc(-c4cnc([C@@H]5C[C@H]6C[C@H]6N5C(=O)[C@@H](NC(=O)OC)C(C)C)[nH]4)ccc32)[nH]1)C(C)C. The van der Waals surface area contributed by atoms with Crippen LogP contribution in [0.5, 0.6) is 5.75 Å². The summed E-state index contributed by atoms with van der Waals surface area (Å²) in [5, 5.41) is 7.41. The molecule has 1 unspecified atom stereocenters. The number of halogens is 1. The van der Waals surface area contributed by atoms with Gasteiger partial charge in [0.2, 0.25) is 18.0 Å². The summed E-state index contributed by atoms with van der Waals surface area (Å²) >= 11 is 1.65. The lowest BCUT2D eigenvalue weighted by Crippen LogP contribution is -2.52. The Balaban J connectivity index is 0.916. The summed E-state index contributed by atoms with van der Waals surface area (Å²) in [5.41, 5.74) is 4.63. The van der Waals surface area contributed by atoms with Crippen molar-refractivity contribution in [1.29, 1.82) is 0 Å². The Labute approximate surface area is 414 Å². The number of methoxy groups -OCH3 is 2. The Bertz CT molecular complexity index is 3040. The highest BCUT2D eigenvalue weighted by molar-refractivity contribution is 7.11. The van der Waals surface area contributed by atoms with E-state index in [4.69, 9.17) is 29.2 Å². The molecule has 4 amide bonds. The molecule has 0 bridgehead atoms. The second-order valence-electron chi connectivity index (χ2n) is 20.4. The number of nitrogens with zero attached hydrogens (tertiary/aromatic N) is 6. The predicted molar refractivity (Wildman–Crippen MR) is 263 cm³/mol. The second-order valence-corrected chi connectivity index (χ2v) is 21.5. The van der Waals surface area contributed by atoms with Gasteiger partial charge >= 0.3 is 12.2 Å². The average Bonchev–Trinajstić information content (AvgIpc) is 4.18. The number of carbonyl (C=O) groups excluding carboxylic acids is 4. The number of amides is 4. The third-order valence-electron chi connectivity index (χ3n) is 15.2. The van der Waals surface area contributed by atoms with Crippen LogP contribution in [0.25, 0.3) is 44.7 Å². The molecule has 17 nitrogen and oxygen atoms in total. The molecule has 4 N–H and O–H groups in total. The van der Waals surface area contributed by atoms with Gasteiger partial charge in [0.1, 0.15) is 35.3 Å². The van der Waals surface area contributed by atoms with Crippen molar-refractivity contribution in [1.82, 2.24) is 49.9 Å². The lowest BCUT2D eigenvalue weighted by atomic mass is 10.0. The topological polar surface area (TPSA) is 202 Å². The zero-order chi connectivity index (χ0) is 49.4. The number of imidazole rings is 2. The summed E-state index contributed by atoms with van der Waals surface area (Å²) in [5.74, 6) is 1.29. The molecule has 11 rings (SSSR count). The van der Waals surface area contributed by atoms with Crippen LogP contribution in [0.15, 0.2) is 55.0 Å². The van der Waals surface area contributed by atoms with Crippen LogP contribution >= 0.6 is 11.3 Å². The molecule has 2 saturated heterocycles. The van der Waals surface area contributed by atoms with Crippen molar-refractivity contribution >= 4 is 46.2 Å². The Morgan fingerprint density at radius 2 is 1.46 bits per heavy atom. The van der Waals surface area contributed by atoms with Crippen LogP contribution in [0.3, 0.4) is 0 Å². The van der Waals surface area contributed by atoms with E-state index in [-0.39, 0.29) is 41.8 Å².